The summed E-state index contributed by atoms with van der Waals surface area (Å²) in [6.07, 6.45) is 4.54. The first kappa shape index (κ1) is 37.7. The molecule has 0 radical (unpaired) electrons. The van der Waals surface area contributed by atoms with Crippen LogP contribution in [-0.2, 0) is 0 Å². The molecule has 1 aromatic heterocycles. The number of nitrogens with one attached hydrogen (secondary N) is 2. The first-order valence-electron chi connectivity index (χ1n) is 17.9. The van der Waals surface area contributed by atoms with E-state index in [2.05, 4.69) is 15.8 Å². The molecular weight excluding hydrogens is 690 g/mol. The maximum absolute atomic E-state index is 12.7. The summed E-state index contributed by atoms with van der Waals surface area (Å²) in [5.74, 6) is 4.57. The Morgan fingerprint density at radius 2 is 1.26 bits per heavy atom. The summed E-state index contributed by atoms with van der Waals surface area (Å²) >= 11 is 0. The van der Waals surface area contributed by atoms with E-state index in [0.717, 1.165) is 60.0 Å². The quantitative estimate of drug-likeness (QED) is 0.0838. The molecule has 12 heteroatoms. The number of hydrogen-bond donors (Lipinski definition) is 2. The third-order valence-corrected chi connectivity index (χ3v) is 9.24. The number of rotatable bonds is 18. The third kappa shape index (κ3) is 8.60. The number of methoxy groups -OCH3 is 5. The van der Waals surface area contributed by atoms with Crippen molar-refractivity contribution in [3.05, 3.63) is 89.5 Å². The molecule has 12 nitrogen and oxygen atoms in total. The Morgan fingerprint density at radius 3 is 1.94 bits per heavy atom. The number of benzene rings is 4. The van der Waals surface area contributed by atoms with Crippen LogP contribution in [0.25, 0.3) is 22.6 Å². The summed E-state index contributed by atoms with van der Waals surface area (Å²) < 4.78 is 45.6. The first-order chi connectivity index (χ1) is 26.3. The highest BCUT2D eigenvalue weighted by Crippen LogP contribution is 2.42. The molecule has 0 saturated carbocycles. The standard InChI is InChI=1S/C42H47N3O9/c1-26-12-15-31-30(20-26)42(46)44-41(43-31)28-14-17-34(36(22-28)48-3)52-18-10-8-7-9-11-19-53-37-21-27(13-16-33(37)47-2)32-25-35(54-45-32)29-23-38(49-4)40(51-6)39(24-29)50-5/h12-17,20-25,41,43H,7-11,18-19H2,1-6H3,(H,44,46). The van der Waals surface area contributed by atoms with Gasteiger partial charge in [0.2, 0.25) is 5.75 Å². The van der Waals surface area contributed by atoms with E-state index in [1.54, 1.807) is 35.5 Å². The summed E-state index contributed by atoms with van der Waals surface area (Å²) in [6, 6.07) is 22.7. The largest absolute Gasteiger partial charge is 0.493 e. The van der Waals surface area contributed by atoms with Gasteiger partial charge in [0.05, 0.1) is 54.3 Å². The number of anilines is 1. The van der Waals surface area contributed by atoms with Gasteiger partial charge in [-0.25, -0.2) is 0 Å². The van der Waals surface area contributed by atoms with Crippen molar-refractivity contribution in [2.24, 2.45) is 0 Å². The van der Waals surface area contributed by atoms with Crippen molar-refractivity contribution in [2.75, 3.05) is 54.1 Å². The maximum atomic E-state index is 12.7. The monoisotopic (exact) mass is 737 g/mol. The van der Waals surface area contributed by atoms with Crippen LogP contribution < -0.4 is 43.8 Å². The minimum absolute atomic E-state index is 0.107. The van der Waals surface area contributed by atoms with E-state index in [4.69, 9.17) is 37.7 Å². The van der Waals surface area contributed by atoms with Gasteiger partial charge in [0.15, 0.2) is 40.3 Å². The normalized spacial score (nSPS) is 13.3. The van der Waals surface area contributed by atoms with Gasteiger partial charge in [0, 0.05) is 22.9 Å². The summed E-state index contributed by atoms with van der Waals surface area (Å²) in [4.78, 5) is 12.7. The number of ether oxygens (including phenoxy) is 7. The Labute approximate surface area is 315 Å². The van der Waals surface area contributed by atoms with Crippen molar-refractivity contribution < 1.29 is 42.5 Å². The van der Waals surface area contributed by atoms with Crippen LogP contribution in [0.3, 0.4) is 0 Å². The van der Waals surface area contributed by atoms with Crippen LogP contribution in [0.1, 0.15) is 59.8 Å². The topological polar surface area (TPSA) is 132 Å². The Bertz CT molecular complexity index is 2040. The zero-order valence-corrected chi connectivity index (χ0v) is 31.6. The second-order valence-electron chi connectivity index (χ2n) is 12.8. The molecule has 1 aliphatic rings. The molecule has 5 aromatic rings. The lowest BCUT2D eigenvalue weighted by Gasteiger charge is -2.28. The number of nitrogens with zero attached hydrogens (tertiary/aromatic N) is 1. The summed E-state index contributed by atoms with van der Waals surface area (Å²) in [5.41, 5.74) is 5.59. The molecule has 1 atom stereocenters. The maximum Gasteiger partial charge on any atom is 0.255 e. The van der Waals surface area contributed by atoms with E-state index in [1.165, 1.54) is 0 Å². The molecule has 1 amide bonds. The molecule has 0 saturated heterocycles. The van der Waals surface area contributed by atoms with Crippen LogP contribution in [0.2, 0.25) is 0 Å². The van der Waals surface area contributed by atoms with Gasteiger partial charge in [0.1, 0.15) is 11.9 Å². The minimum atomic E-state index is -0.368. The highest BCUT2D eigenvalue weighted by atomic mass is 16.5. The van der Waals surface area contributed by atoms with Gasteiger partial charge in [-0.3, -0.25) is 4.79 Å². The Hall–Kier alpha value is -6.04. The molecule has 0 bridgehead atoms. The molecule has 1 unspecified atom stereocenters. The fourth-order valence-electron chi connectivity index (χ4n) is 6.34. The molecule has 2 N–H and O–H groups in total. The number of carbonyl (C=O) groups is 1. The predicted molar refractivity (Wildman–Crippen MR) is 206 cm³/mol. The van der Waals surface area contributed by atoms with E-state index in [-0.39, 0.29) is 12.1 Å². The van der Waals surface area contributed by atoms with Crippen molar-refractivity contribution in [3.63, 3.8) is 0 Å². The number of aromatic nitrogens is 1. The van der Waals surface area contributed by atoms with Gasteiger partial charge in [-0.15, -0.1) is 0 Å². The first-order valence-corrected chi connectivity index (χ1v) is 17.9. The van der Waals surface area contributed by atoms with Crippen molar-refractivity contribution in [1.82, 2.24) is 10.5 Å². The number of carbonyl (C=O) groups excluding carboxylic acids is 1. The van der Waals surface area contributed by atoms with Crippen LogP contribution >= 0.6 is 0 Å². The zero-order valence-electron chi connectivity index (χ0n) is 31.6. The van der Waals surface area contributed by atoms with Crippen LogP contribution in [0.5, 0.6) is 40.2 Å². The van der Waals surface area contributed by atoms with E-state index in [9.17, 15) is 4.79 Å². The second-order valence-corrected chi connectivity index (χ2v) is 12.8. The SMILES string of the molecule is COc1cc(C2NC(=O)c3cc(C)ccc3N2)ccc1OCCCCCCCOc1cc(-c2cc(-c3cc(OC)c(OC)c(OC)c3)on2)ccc1OC. The molecular formula is C42H47N3O9. The minimum Gasteiger partial charge on any atom is -0.493 e. The Balaban J connectivity index is 0.948. The number of fused-ring (bicyclic) bond motifs is 1. The number of aryl methyl sites for hydroxylation is 1. The van der Waals surface area contributed by atoms with Gasteiger partial charge < -0.3 is 48.3 Å². The molecule has 0 spiro atoms. The number of hydrogen-bond acceptors (Lipinski definition) is 11. The molecule has 6 rings (SSSR count). The molecule has 4 aromatic carbocycles. The van der Waals surface area contributed by atoms with Crippen molar-refractivity contribution in [2.45, 2.75) is 45.2 Å². The molecule has 0 aliphatic carbocycles. The van der Waals surface area contributed by atoms with Gasteiger partial charge in [-0.05, 0) is 79.9 Å². The summed E-state index contributed by atoms with van der Waals surface area (Å²) in [5, 5.41) is 10.7. The highest BCUT2D eigenvalue weighted by Gasteiger charge is 2.25. The fraction of sp³-hybridized carbons (Fsp3) is 0.333. The van der Waals surface area contributed by atoms with Gasteiger partial charge in [-0.1, -0.05) is 42.1 Å². The summed E-state index contributed by atoms with van der Waals surface area (Å²) in [7, 11) is 7.95. The van der Waals surface area contributed by atoms with E-state index >= 15 is 0 Å². The lowest BCUT2D eigenvalue weighted by Crippen LogP contribution is -2.38. The Morgan fingerprint density at radius 1 is 0.611 bits per heavy atom. The average molecular weight is 738 g/mol. The van der Waals surface area contributed by atoms with Crippen LogP contribution in [0.15, 0.2) is 77.3 Å². The molecule has 284 valence electrons. The van der Waals surface area contributed by atoms with Gasteiger partial charge in [0.25, 0.3) is 5.91 Å². The lowest BCUT2D eigenvalue weighted by atomic mass is 10.0. The zero-order chi connectivity index (χ0) is 38.0. The lowest BCUT2D eigenvalue weighted by molar-refractivity contribution is 0.0935. The highest BCUT2D eigenvalue weighted by molar-refractivity contribution is 6.02. The van der Waals surface area contributed by atoms with Crippen LogP contribution in [-0.4, -0.2) is 59.8 Å². The van der Waals surface area contributed by atoms with Crippen LogP contribution in [0.4, 0.5) is 5.69 Å². The average Bonchev–Trinajstić information content (AvgIpc) is 3.70. The van der Waals surface area contributed by atoms with Crippen molar-refractivity contribution in [3.8, 4) is 62.8 Å². The third-order valence-electron chi connectivity index (χ3n) is 9.24. The Kier molecular flexibility index (Phi) is 12.3. The molecule has 1 aliphatic heterocycles. The van der Waals surface area contributed by atoms with Crippen molar-refractivity contribution >= 4 is 11.6 Å². The van der Waals surface area contributed by atoms with Gasteiger partial charge in [-0.2, -0.15) is 0 Å². The van der Waals surface area contributed by atoms with Gasteiger partial charge >= 0.3 is 0 Å². The van der Waals surface area contributed by atoms with E-state index < -0.39 is 0 Å². The smallest absolute Gasteiger partial charge is 0.255 e. The van der Waals surface area contributed by atoms with E-state index in [0.29, 0.717) is 70.5 Å². The molecule has 2 heterocycles. The second kappa shape index (κ2) is 17.7. The summed E-state index contributed by atoms with van der Waals surface area (Å²) in [6.45, 7) is 3.10. The molecule has 0 fully saturated rings. The number of unbranched alkanes of at least 4 members (excludes halogenated alkanes) is 4. The fourth-order valence-corrected chi connectivity index (χ4v) is 6.34. The number of amides is 1. The predicted octanol–water partition coefficient (Wildman–Crippen LogP) is 8.62. The van der Waals surface area contributed by atoms with Crippen LogP contribution in [0, 0.1) is 6.92 Å². The van der Waals surface area contributed by atoms with Crippen molar-refractivity contribution in [1.29, 1.82) is 0 Å². The van der Waals surface area contributed by atoms with E-state index in [1.807, 2.05) is 79.7 Å². The molecule has 54 heavy (non-hydrogen) atoms.